The fourth-order valence-electron chi connectivity index (χ4n) is 3.37. The topological polar surface area (TPSA) is 63.0 Å². The Labute approximate surface area is 193 Å². The lowest BCUT2D eigenvalue weighted by Gasteiger charge is -2.27. The van der Waals surface area contributed by atoms with Crippen LogP contribution in [0.1, 0.15) is 40.1 Å². The quantitative estimate of drug-likeness (QED) is 0.371. The molecule has 0 saturated heterocycles. The molecule has 0 aliphatic carbocycles. The van der Waals surface area contributed by atoms with Crippen LogP contribution in [-0.4, -0.2) is 47.9 Å². The van der Waals surface area contributed by atoms with Crippen molar-refractivity contribution in [2.45, 2.75) is 33.4 Å². The van der Waals surface area contributed by atoms with E-state index in [1.807, 2.05) is 67.8 Å². The van der Waals surface area contributed by atoms with Crippen LogP contribution < -0.4 is 0 Å². The molecule has 0 radical (unpaired) electrons. The summed E-state index contributed by atoms with van der Waals surface area (Å²) in [6.45, 7) is 6.27. The zero-order valence-electron chi connectivity index (χ0n) is 18.7. The number of amides is 2. The van der Waals surface area contributed by atoms with E-state index >= 15 is 0 Å². The van der Waals surface area contributed by atoms with Gasteiger partial charge in [-0.1, -0.05) is 36.4 Å². The molecule has 170 valence electrons. The Morgan fingerprint density at radius 3 is 2.47 bits per heavy atom. The van der Waals surface area contributed by atoms with Gasteiger partial charge in [0.05, 0.1) is 11.4 Å². The summed E-state index contributed by atoms with van der Waals surface area (Å²) in [7, 11) is 0. The maximum absolute atomic E-state index is 13.4. The number of hydrogen-bond donors (Lipinski definition) is 0. The largest absolute Gasteiger partial charge is 0.464 e. The Balaban J connectivity index is 1.75. The third kappa shape index (κ3) is 7.07. The first kappa shape index (κ1) is 23.8. The number of nitrogens with zero attached hydrogens (tertiary/aromatic N) is 2. The second-order valence-corrected chi connectivity index (χ2v) is 8.45. The summed E-state index contributed by atoms with van der Waals surface area (Å²) in [4.78, 5) is 30.4. The number of thiophene rings is 1. The van der Waals surface area contributed by atoms with Crippen LogP contribution in [0.15, 0.2) is 64.4 Å². The summed E-state index contributed by atoms with van der Waals surface area (Å²) in [5, 5.41) is 1.87. The highest BCUT2D eigenvalue weighted by atomic mass is 32.1. The number of aryl methyl sites for hydroxylation is 1. The zero-order valence-corrected chi connectivity index (χ0v) is 19.5. The summed E-state index contributed by atoms with van der Waals surface area (Å²) >= 11 is 1.38. The van der Waals surface area contributed by atoms with Crippen LogP contribution in [0.3, 0.4) is 0 Å². The molecule has 0 fully saturated rings. The van der Waals surface area contributed by atoms with Crippen molar-refractivity contribution in [3.05, 3.63) is 81.9 Å². The van der Waals surface area contributed by atoms with Crippen molar-refractivity contribution < 1.29 is 18.7 Å². The number of carbonyl (C=O) groups excluding carboxylic acids is 2. The van der Waals surface area contributed by atoms with E-state index < -0.39 is 0 Å². The summed E-state index contributed by atoms with van der Waals surface area (Å²) in [5.41, 5.74) is 1.02. The molecule has 2 heterocycles. The number of rotatable bonds is 12. The molecule has 0 N–H and O–H groups in total. The molecule has 7 heteroatoms. The Morgan fingerprint density at radius 2 is 1.81 bits per heavy atom. The van der Waals surface area contributed by atoms with Crippen molar-refractivity contribution >= 4 is 23.2 Å². The lowest BCUT2D eigenvalue weighted by Crippen LogP contribution is -2.43. The molecule has 1 aromatic carbocycles. The maximum atomic E-state index is 13.4. The molecule has 0 unspecified atom stereocenters. The van der Waals surface area contributed by atoms with Crippen LogP contribution in [0, 0.1) is 6.92 Å². The van der Waals surface area contributed by atoms with E-state index in [-0.39, 0.29) is 18.4 Å². The zero-order chi connectivity index (χ0) is 22.8. The number of hydrogen-bond acceptors (Lipinski definition) is 5. The van der Waals surface area contributed by atoms with E-state index in [2.05, 4.69) is 0 Å². The molecule has 0 spiro atoms. The van der Waals surface area contributed by atoms with Gasteiger partial charge >= 0.3 is 0 Å². The standard InChI is InChI=1S/C25H30N2O4S/c1-3-30-15-8-14-26(25(29)23-11-7-16-32-23)19-24(28)27(17-21-9-5-4-6-10-21)18-22-13-12-20(2)31-22/h4-7,9-13,16H,3,8,14-15,17-19H2,1-2H3. The lowest BCUT2D eigenvalue weighted by atomic mass is 10.2. The van der Waals surface area contributed by atoms with Gasteiger partial charge in [0.2, 0.25) is 5.91 Å². The Hall–Kier alpha value is -2.90. The van der Waals surface area contributed by atoms with Gasteiger partial charge in [-0.05, 0) is 49.4 Å². The van der Waals surface area contributed by atoms with Crippen LogP contribution >= 0.6 is 11.3 Å². The number of ether oxygens (including phenoxy) is 1. The van der Waals surface area contributed by atoms with Crippen molar-refractivity contribution in [2.24, 2.45) is 0 Å². The fourth-order valence-corrected chi connectivity index (χ4v) is 4.06. The molecule has 3 rings (SSSR count). The van der Waals surface area contributed by atoms with Gasteiger partial charge in [0.15, 0.2) is 0 Å². The SMILES string of the molecule is CCOCCCN(CC(=O)N(Cc1ccccc1)Cc1ccc(C)o1)C(=O)c1cccs1. The van der Waals surface area contributed by atoms with E-state index in [0.717, 1.165) is 17.1 Å². The van der Waals surface area contributed by atoms with Crippen LogP contribution in [0.4, 0.5) is 0 Å². The van der Waals surface area contributed by atoms with Gasteiger partial charge in [0.25, 0.3) is 5.91 Å². The summed E-state index contributed by atoms with van der Waals surface area (Å²) in [6.07, 6.45) is 0.675. The second kappa shape index (κ2) is 12.2. The predicted octanol–water partition coefficient (Wildman–Crippen LogP) is 4.75. The van der Waals surface area contributed by atoms with Crippen molar-refractivity contribution in [2.75, 3.05) is 26.3 Å². The van der Waals surface area contributed by atoms with Gasteiger partial charge in [-0.2, -0.15) is 0 Å². The molecule has 6 nitrogen and oxygen atoms in total. The highest BCUT2D eigenvalue weighted by molar-refractivity contribution is 7.12. The molecular weight excluding hydrogens is 424 g/mol. The Kier molecular flexibility index (Phi) is 9.07. The maximum Gasteiger partial charge on any atom is 0.264 e. The molecule has 2 aromatic heterocycles. The van der Waals surface area contributed by atoms with Crippen LogP contribution in [0.5, 0.6) is 0 Å². The van der Waals surface area contributed by atoms with Gasteiger partial charge in [0.1, 0.15) is 18.1 Å². The fraction of sp³-hybridized carbons (Fsp3) is 0.360. The molecule has 0 atom stereocenters. The van der Waals surface area contributed by atoms with Crippen LogP contribution in [0.25, 0.3) is 0 Å². The molecular formula is C25H30N2O4S. The number of furan rings is 1. The van der Waals surface area contributed by atoms with E-state index in [1.54, 1.807) is 15.9 Å². The minimum atomic E-state index is -0.127. The monoisotopic (exact) mass is 454 g/mol. The van der Waals surface area contributed by atoms with E-state index in [9.17, 15) is 9.59 Å². The molecule has 3 aromatic rings. The first-order valence-corrected chi connectivity index (χ1v) is 11.7. The first-order chi connectivity index (χ1) is 15.6. The minimum absolute atomic E-state index is 0.00931. The van der Waals surface area contributed by atoms with Crippen molar-refractivity contribution in [3.8, 4) is 0 Å². The lowest BCUT2D eigenvalue weighted by molar-refractivity contribution is -0.133. The average Bonchev–Trinajstić information content (AvgIpc) is 3.47. The van der Waals surface area contributed by atoms with Crippen molar-refractivity contribution in [3.63, 3.8) is 0 Å². The van der Waals surface area contributed by atoms with Gasteiger partial charge in [-0.3, -0.25) is 9.59 Å². The molecule has 0 saturated carbocycles. The summed E-state index contributed by atoms with van der Waals surface area (Å²) in [5.74, 6) is 1.28. The number of benzene rings is 1. The third-order valence-corrected chi connectivity index (χ3v) is 5.84. The Morgan fingerprint density at radius 1 is 1.00 bits per heavy atom. The molecule has 0 bridgehead atoms. The molecule has 2 amide bonds. The second-order valence-electron chi connectivity index (χ2n) is 7.50. The molecule has 0 aliphatic heterocycles. The van der Waals surface area contributed by atoms with Crippen LogP contribution in [0.2, 0.25) is 0 Å². The van der Waals surface area contributed by atoms with Crippen molar-refractivity contribution in [1.29, 1.82) is 0 Å². The first-order valence-electron chi connectivity index (χ1n) is 10.8. The van der Waals surface area contributed by atoms with Crippen LogP contribution in [-0.2, 0) is 22.6 Å². The van der Waals surface area contributed by atoms with Gasteiger partial charge < -0.3 is 19.0 Å². The molecule has 32 heavy (non-hydrogen) atoms. The summed E-state index contributed by atoms with van der Waals surface area (Å²) < 4.78 is 11.1. The van der Waals surface area contributed by atoms with E-state index in [0.29, 0.717) is 44.1 Å². The smallest absolute Gasteiger partial charge is 0.264 e. The summed E-state index contributed by atoms with van der Waals surface area (Å²) in [6, 6.07) is 17.3. The highest BCUT2D eigenvalue weighted by Gasteiger charge is 2.24. The number of carbonyl (C=O) groups is 2. The Bertz CT molecular complexity index is 969. The van der Waals surface area contributed by atoms with Gasteiger partial charge in [-0.15, -0.1) is 11.3 Å². The van der Waals surface area contributed by atoms with Gasteiger partial charge in [0, 0.05) is 26.3 Å². The van der Waals surface area contributed by atoms with Crippen molar-refractivity contribution in [1.82, 2.24) is 9.80 Å². The highest BCUT2D eigenvalue weighted by Crippen LogP contribution is 2.16. The third-order valence-electron chi connectivity index (χ3n) is 4.98. The average molecular weight is 455 g/mol. The molecule has 0 aliphatic rings. The minimum Gasteiger partial charge on any atom is -0.464 e. The predicted molar refractivity (Wildman–Crippen MR) is 125 cm³/mol. The normalized spacial score (nSPS) is 10.8. The van der Waals surface area contributed by atoms with E-state index in [1.165, 1.54) is 11.3 Å². The van der Waals surface area contributed by atoms with Gasteiger partial charge in [-0.25, -0.2) is 0 Å². The van der Waals surface area contributed by atoms with E-state index in [4.69, 9.17) is 9.15 Å².